The second kappa shape index (κ2) is 4.15. The molecule has 0 saturated heterocycles. The molecular formula is C8H6Cl2OS. The van der Waals surface area contributed by atoms with Crippen LogP contribution in [-0.2, 0) is 0 Å². The lowest BCUT2D eigenvalue weighted by atomic mass is 10.1. The van der Waals surface area contributed by atoms with Gasteiger partial charge in [-0.25, -0.2) is 0 Å². The molecule has 1 aromatic rings. The highest BCUT2D eigenvalue weighted by Crippen LogP contribution is 2.35. The van der Waals surface area contributed by atoms with E-state index in [0.717, 1.165) is 0 Å². The number of rotatable bonds is 2. The number of terminal acetylenes is 1. The lowest BCUT2D eigenvalue weighted by Crippen LogP contribution is -1.93. The van der Waals surface area contributed by atoms with Crippen LogP contribution in [0.15, 0.2) is 6.07 Å². The molecule has 0 aliphatic heterocycles. The van der Waals surface area contributed by atoms with Gasteiger partial charge < -0.3 is 5.11 Å². The maximum absolute atomic E-state index is 9.44. The summed E-state index contributed by atoms with van der Waals surface area (Å²) in [6, 6.07) is 1.64. The smallest absolute Gasteiger partial charge is 0.100 e. The summed E-state index contributed by atoms with van der Waals surface area (Å²) in [6.45, 7) is 0. The van der Waals surface area contributed by atoms with Crippen molar-refractivity contribution in [1.29, 1.82) is 0 Å². The Morgan fingerprint density at radius 2 is 2.33 bits per heavy atom. The lowest BCUT2D eigenvalue weighted by molar-refractivity contribution is 0.184. The molecule has 0 amide bonds. The molecule has 1 aromatic heterocycles. The molecule has 1 unspecified atom stereocenters. The van der Waals surface area contributed by atoms with Gasteiger partial charge in [0, 0.05) is 12.0 Å². The summed E-state index contributed by atoms with van der Waals surface area (Å²) >= 11 is 12.7. The Balaban J connectivity index is 2.88. The Kier molecular flexibility index (Phi) is 3.42. The van der Waals surface area contributed by atoms with E-state index in [-0.39, 0.29) is 6.42 Å². The van der Waals surface area contributed by atoms with Crippen molar-refractivity contribution in [1.82, 2.24) is 0 Å². The molecule has 1 heterocycles. The molecule has 0 bridgehead atoms. The van der Waals surface area contributed by atoms with Crippen LogP contribution in [0.3, 0.4) is 0 Å². The third-order valence-electron chi connectivity index (χ3n) is 1.35. The zero-order chi connectivity index (χ0) is 9.14. The van der Waals surface area contributed by atoms with Crippen LogP contribution < -0.4 is 0 Å². The molecule has 1 nitrogen and oxygen atoms in total. The van der Waals surface area contributed by atoms with Gasteiger partial charge in [-0.15, -0.1) is 23.7 Å². The average Bonchev–Trinajstić information content (AvgIpc) is 2.30. The highest BCUT2D eigenvalue weighted by molar-refractivity contribution is 7.20. The molecule has 1 rings (SSSR count). The van der Waals surface area contributed by atoms with E-state index in [2.05, 4.69) is 5.92 Å². The Morgan fingerprint density at radius 3 is 2.75 bits per heavy atom. The molecule has 12 heavy (non-hydrogen) atoms. The third kappa shape index (κ3) is 2.15. The van der Waals surface area contributed by atoms with E-state index in [0.29, 0.717) is 14.2 Å². The van der Waals surface area contributed by atoms with E-state index in [1.807, 2.05) is 0 Å². The molecule has 4 heteroatoms. The highest BCUT2D eigenvalue weighted by Gasteiger charge is 2.13. The second-order valence-corrected chi connectivity index (χ2v) is 4.49. The van der Waals surface area contributed by atoms with Gasteiger partial charge in [0.05, 0.1) is 10.4 Å². The van der Waals surface area contributed by atoms with E-state index in [4.69, 9.17) is 29.6 Å². The third-order valence-corrected chi connectivity index (χ3v) is 2.87. The van der Waals surface area contributed by atoms with E-state index in [1.165, 1.54) is 11.3 Å². The number of hydrogen-bond donors (Lipinski definition) is 1. The van der Waals surface area contributed by atoms with Crippen LogP contribution in [0.5, 0.6) is 0 Å². The molecule has 1 atom stereocenters. The quantitative estimate of drug-likeness (QED) is 0.760. The lowest BCUT2D eigenvalue weighted by Gasteiger charge is -2.03. The van der Waals surface area contributed by atoms with Gasteiger partial charge in [-0.05, 0) is 6.07 Å². The standard InChI is InChI=1S/C8H6Cl2OS/c1-2-3-6(11)5-4-7(9)12-8(5)10/h1,4,6,11H,3H2. The largest absolute Gasteiger partial charge is 0.387 e. The minimum atomic E-state index is -0.703. The maximum Gasteiger partial charge on any atom is 0.100 e. The SMILES string of the molecule is C#CCC(O)c1cc(Cl)sc1Cl. The minimum Gasteiger partial charge on any atom is -0.387 e. The van der Waals surface area contributed by atoms with Crippen LogP contribution in [0.2, 0.25) is 8.67 Å². The van der Waals surface area contributed by atoms with Gasteiger partial charge >= 0.3 is 0 Å². The van der Waals surface area contributed by atoms with Gasteiger partial charge in [0.2, 0.25) is 0 Å². The Labute approximate surface area is 84.9 Å². The van der Waals surface area contributed by atoms with Crippen molar-refractivity contribution in [2.45, 2.75) is 12.5 Å². The summed E-state index contributed by atoms with van der Waals surface area (Å²) in [5, 5.41) is 9.44. The molecule has 0 spiro atoms. The first kappa shape index (κ1) is 9.88. The Bertz CT molecular complexity index is 313. The van der Waals surface area contributed by atoms with Crippen molar-refractivity contribution < 1.29 is 5.11 Å². The predicted octanol–water partition coefficient (Wildman–Crippen LogP) is 3.11. The predicted molar refractivity (Wildman–Crippen MR) is 52.7 cm³/mol. The van der Waals surface area contributed by atoms with Gasteiger partial charge in [-0.2, -0.15) is 0 Å². The molecule has 0 fully saturated rings. The van der Waals surface area contributed by atoms with Crippen LogP contribution in [0.25, 0.3) is 0 Å². The number of thiophene rings is 1. The summed E-state index contributed by atoms with van der Waals surface area (Å²) in [4.78, 5) is 0. The summed E-state index contributed by atoms with van der Waals surface area (Å²) < 4.78 is 1.06. The van der Waals surface area contributed by atoms with Crippen molar-refractivity contribution in [3.05, 3.63) is 20.3 Å². The zero-order valence-corrected chi connectivity index (χ0v) is 8.38. The Hall–Kier alpha value is -0.200. The molecule has 0 aliphatic rings. The van der Waals surface area contributed by atoms with E-state index < -0.39 is 6.10 Å². The van der Waals surface area contributed by atoms with Gasteiger partial charge in [0.1, 0.15) is 4.34 Å². The van der Waals surface area contributed by atoms with Crippen molar-refractivity contribution in [2.24, 2.45) is 0 Å². The van der Waals surface area contributed by atoms with Gasteiger partial charge in [0.25, 0.3) is 0 Å². The molecular weight excluding hydrogens is 215 g/mol. The minimum absolute atomic E-state index is 0.257. The molecule has 64 valence electrons. The monoisotopic (exact) mass is 220 g/mol. The number of aliphatic hydroxyl groups is 1. The molecule has 0 saturated carbocycles. The molecule has 0 aliphatic carbocycles. The molecule has 0 aromatic carbocycles. The summed E-state index contributed by atoms with van der Waals surface area (Å²) in [6.07, 6.45) is 4.60. The van der Waals surface area contributed by atoms with E-state index >= 15 is 0 Å². The fourth-order valence-corrected chi connectivity index (χ4v) is 2.37. The zero-order valence-electron chi connectivity index (χ0n) is 6.05. The first-order valence-corrected chi connectivity index (χ1v) is 4.78. The van der Waals surface area contributed by atoms with Crippen LogP contribution in [-0.4, -0.2) is 5.11 Å². The second-order valence-electron chi connectivity index (χ2n) is 2.20. The van der Waals surface area contributed by atoms with Crippen molar-refractivity contribution >= 4 is 34.5 Å². The average molecular weight is 221 g/mol. The van der Waals surface area contributed by atoms with Crippen molar-refractivity contribution in [3.8, 4) is 12.3 Å². The van der Waals surface area contributed by atoms with Gasteiger partial charge in [-0.1, -0.05) is 23.2 Å². The van der Waals surface area contributed by atoms with Crippen LogP contribution in [0.4, 0.5) is 0 Å². The van der Waals surface area contributed by atoms with Gasteiger partial charge in [0.15, 0.2) is 0 Å². The molecule has 0 radical (unpaired) electrons. The Morgan fingerprint density at radius 1 is 1.67 bits per heavy atom. The van der Waals surface area contributed by atoms with Gasteiger partial charge in [-0.3, -0.25) is 0 Å². The number of aliphatic hydroxyl groups excluding tert-OH is 1. The van der Waals surface area contributed by atoms with Crippen molar-refractivity contribution in [2.75, 3.05) is 0 Å². The molecule has 1 N–H and O–H groups in total. The van der Waals surface area contributed by atoms with E-state index in [1.54, 1.807) is 6.07 Å². The highest BCUT2D eigenvalue weighted by atomic mass is 35.5. The van der Waals surface area contributed by atoms with Crippen LogP contribution in [0, 0.1) is 12.3 Å². The van der Waals surface area contributed by atoms with Crippen molar-refractivity contribution in [3.63, 3.8) is 0 Å². The normalized spacial score (nSPS) is 12.5. The summed E-state index contributed by atoms with van der Waals surface area (Å²) in [5.41, 5.74) is 0.615. The summed E-state index contributed by atoms with van der Waals surface area (Å²) in [7, 11) is 0. The summed E-state index contributed by atoms with van der Waals surface area (Å²) in [5.74, 6) is 2.36. The number of hydrogen-bond acceptors (Lipinski definition) is 2. The fourth-order valence-electron chi connectivity index (χ4n) is 0.802. The topological polar surface area (TPSA) is 20.2 Å². The fraction of sp³-hybridized carbons (Fsp3) is 0.250. The van der Waals surface area contributed by atoms with Crippen LogP contribution >= 0.6 is 34.5 Å². The van der Waals surface area contributed by atoms with Crippen LogP contribution in [0.1, 0.15) is 18.1 Å². The first-order chi connectivity index (χ1) is 5.65. The first-order valence-electron chi connectivity index (χ1n) is 3.21. The van der Waals surface area contributed by atoms with E-state index in [9.17, 15) is 5.11 Å². The number of halogens is 2. The maximum atomic E-state index is 9.44.